The molecule has 1 unspecified atom stereocenters. The molecule has 0 aliphatic carbocycles. The molecular weight excluding hydrogens is 252 g/mol. The summed E-state index contributed by atoms with van der Waals surface area (Å²) in [7, 11) is 2.03. The van der Waals surface area contributed by atoms with Gasteiger partial charge in [0.05, 0.1) is 0 Å². The summed E-state index contributed by atoms with van der Waals surface area (Å²) in [5, 5.41) is 3.43. The maximum Gasteiger partial charge on any atom is 0.0379 e. The Bertz CT molecular complexity index is 525. The van der Waals surface area contributed by atoms with E-state index in [1.54, 1.807) is 0 Å². The van der Waals surface area contributed by atoms with Crippen LogP contribution in [0, 0.1) is 13.8 Å². The number of rotatable bonds is 5. The van der Waals surface area contributed by atoms with Gasteiger partial charge < -0.3 is 5.32 Å². The molecule has 1 atom stereocenters. The number of nitrogens with zero attached hydrogens (tertiary/aromatic N) is 1. The molecule has 2 heterocycles. The summed E-state index contributed by atoms with van der Waals surface area (Å²) in [6.07, 6.45) is 2.17. The monoisotopic (exact) mass is 274 g/mol. The lowest BCUT2D eigenvalue weighted by molar-refractivity contribution is 0.594. The van der Waals surface area contributed by atoms with Gasteiger partial charge in [-0.1, -0.05) is 6.92 Å². The van der Waals surface area contributed by atoms with Crippen molar-refractivity contribution in [2.45, 2.75) is 39.7 Å². The third-order valence-corrected chi connectivity index (χ3v) is 4.58. The zero-order chi connectivity index (χ0) is 13.8. The lowest BCUT2D eigenvalue weighted by Gasteiger charge is -2.17. The Labute approximate surface area is 119 Å². The van der Waals surface area contributed by atoms with Gasteiger partial charge in [-0.3, -0.25) is 4.98 Å². The average Bonchev–Trinajstić information content (AvgIpc) is 2.82. The summed E-state index contributed by atoms with van der Waals surface area (Å²) in [5.74, 6) is 0. The molecule has 2 rings (SSSR count). The van der Waals surface area contributed by atoms with E-state index in [-0.39, 0.29) is 0 Å². The van der Waals surface area contributed by atoms with Crippen LogP contribution < -0.4 is 5.32 Å². The minimum Gasteiger partial charge on any atom is -0.313 e. The van der Waals surface area contributed by atoms with E-state index in [0.717, 1.165) is 24.2 Å². The van der Waals surface area contributed by atoms with Crippen molar-refractivity contribution in [3.05, 3.63) is 51.0 Å². The first-order chi connectivity index (χ1) is 9.12. The number of nitrogens with one attached hydrogen (secondary N) is 1. The fourth-order valence-electron chi connectivity index (χ4n) is 2.38. The van der Waals surface area contributed by atoms with Gasteiger partial charge in [0, 0.05) is 33.6 Å². The quantitative estimate of drug-likeness (QED) is 0.896. The molecule has 0 saturated carbocycles. The van der Waals surface area contributed by atoms with Crippen LogP contribution in [0.15, 0.2) is 24.3 Å². The Balaban J connectivity index is 2.19. The third kappa shape index (κ3) is 3.64. The largest absolute Gasteiger partial charge is 0.313 e. The highest BCUT2D eigenvalue weighted by atomic mass is 32.1. The lowest BCUT2D eigenvalue weighted by Crippen LogP contribution is -2.19. The van der Waals surface area contributed by atoms with Crippen LogP contribution in [0.4, 0.5) is 0 Å². The van der Waals surface area contributed by atoms with Crippen LogP contribution in [0.1, 0.15) is 39.7 Å². The van der Waals surface area contributed by atoms with Crippen molar-refractivity contribution in [3.8, 4) is 0 Å². The minimum absolute atomic E-state index is 0.365. The van der Waals surface area contributed by atoms with E-state index >= 15 is 0 Å². The van der Waals surface area contributed by atoms with Gasteiger partial charge >= 0.3 is 0 Å². The second-order valence-electron chi connectivity index (χ2n) is 4.95. The molecule has 0 saturated heterocycles. The smallest absolute Gasteiger partial charge is 0.0379 e. The highest BCUT2D eigenvalue weighted by Crippen LogP contribution is 2.24. The number of aromatic nitrogens is 1. The van der Waals surface area contributed by atoms with E-state index in [1.165, 1.54) is 15.3 Å². The second-order valence-corrected chi connectivity index (χ2v) is 6.20. The van der Waals surface area contributed by atoms with E-state index in [0.29, 0.717) is 6.04 Å². The fraction of sp³-hybridized carbons (Fsp3) is 0.438. The fourth-order valence-corrected chi connectivity index (χ4v) is 3.38. The van der Waals surface area contributed by atoms with E-state index in [1.807, 2.05) is 18.4 Å². The Kier molecular flexibility index (Phi) is 4.72. The van der Waals surface area contributed by atoms with Gasteiger partial charge in [-0.15, -0.1) is 11.3 Å². The number of aryl methyl sites for hydroxylation is 3. The molecule has 1 N–H and O–H groups in total. The van der Waals surface area contributed by atoms with Gasteiger partial charge in [-0.05, 0) is 57.1 Å². The maximum absolute atomic E-state index is 4.45. The van der Waals surface area contributed by atoms with Crippen molar-refractivity contribution >= 4 is 11.3 Å². The number of thiophene rings is 1. The zero-order valence-electron chi connectivity index (χ0n) is 12.2. The van der Waals surface area contributed by atoms with Gasteiger partial charge in [0.25, 0.3) is 0 Å². The summed E-state index contributed by atoms with van der Waals surface area (Å²) in [6.45, 7) is 6.33. The molecule has 0 spiro atoms. The van der Waals surface area contributed by atoms with Crippen LogP contribution in [-0.4, -0.2) is 12.0 Å². The third-order valence-electron chi connectivity index (χ3n) is 3.33. The van der Waals surface area contributed by atoms with E-state index in [9.17, 15) is 0 Å². The first kappa shape index (κ1) is 14.2. The van der Waals surface area contributed by atoms with Crippen LogP contribution >= 0.6 is 11.3 Å². The maximum atomic E-state index is 4.45. The molecule has 0 fully saturated rings. The molecule has 3 heteroatoms. The molecular formula is C16H22N2S. The molecule has 2 aromatic rings. The van der Waals surface area contributed by atoms with Gasteiger partial charge in [-0.25, -0.2) is 0 Å². The van der Waals surface area contributed by atoms with Gasteiger partial charge in [0.2, 0.25) is 0 Å². The normalized spacial score (nSPS) is 12.6. The van der Waals surface area contributed by atoms with E-state index in [4.69, 9.17) is 0 Å². The van der Waals surface area contributed by atoms with E-state index in [2.05, 4.69) is 55.3 Å². The highest BCUT2D eigenvalue weighted by molar-refractivity contribution is 7.11. The number of hydrogen-bond acceptors (Lipinski definition) is 3. The minimum atomic E-state index is 0.365. The standard InChI is InChI=1S/C16H22N2S/c1-5-14-6-7-15(19-14)10-16(17-4)13-8-11(2)18-12(3)9-13/h6-9,16-17H,5,10H2,1-4H3. The average molecular weight is 274 g/mol. The Morgan fingerprint density at radius 2 is 1.79 bits per heavy atom. The van der Waals surface area contributed by atoms with Gasteiger partial charge in [-0.2, -0.15) is 0 Å². The summed E-state index contributed by atoms with van der Waals surface area (Å²) < 4.78 is 0. The summed E-state index contributed by atoms with van der Waals surface area (Å²) in [6, 6.07) is 9.24. The van der Waals surface area contributed by atoms with Crippen molar-refractivity contribution in [1.29, 1.82) is 0 Å². The van der Waals surface area contributed by atoms with Crippen LogP contribution in [0.25, 0.3) is 0 Å². The molecule has 19 heavy (non-hydrogen) atoms. The van der Waals surface area contributed by atoms with Crippen molar-refractivity contribution in [2.75, 3.05) is 7.05 Å². The predicted molar refractivity (Wildman–Crippen MR) is 82.9 cm³/mol. The second kappa shape index (κ2) is 6.31. The van der Waals surface area contributed by atoms with Crippen molar-refractivity contribution < 1.29 is 0 Å². The Hall–Kier alpha value is -1.19. The summed E-state index contributed by atoms with van der Waals surface area (Å²) in [4.78, 5) is 7.36. The van der Waals surface area contributed by atoms with Gasteiger partial charge in [0.15, 0.2) is 0 Å². The molecule has 0 amide bonds. The van der Waals surface area contributed by atoms with Crippen molar-refractivity contribution in [1.82, 2.24) is 10.3 Å². The predicted octanol–water partition coefficient (Wildman–Crippen LogP) is 3.83. The molecule has 2 aromatic heterocycles. The molecule has 0 aliphatic heterocycles. The summed E-state index contributed by atoms with van der Waals surface area (Å²) >= 11 is 1.92. The van der Waals surface area contributed by atoms with Crippen LogP contribution in [0.2, 0.25) is 0 Å². The highest BCUT2D eigenvalue weighted by Gasteiger charge is 2.12. The Morgan fingerprint density at radius 3 is 2.32 bits per heavy atom. The van der Waals surface area contributed by atoms with Crippen molar-refractivity contribution in [3.63, 3.8) is 0 Å². The van der Waals surface area contributed by atoms with E-state index < -0.39 is 0 Å². The molecule has 0 radical (unpaired) electrons. The van der Waals surface area contributed by atoms with Crippen LogP contribution in [0.5, 0.6) is 0 Å². The molecule has 2 nitrogen and oxygen atoms in total. The molecule has 0 aliphatic rings. The molecule has 0 aromatic carbocycles. The SMILES string of the molecule is CCc1ccc(CC(NC)c2cc(C)nc(C)c2)s1. The molecule has 102 valence electrons. The summed E-state index contributed by atoms with van der Waals surface area (Å²) in [5.41, 5.74) is 3.52. The van der Waals surface area contributed by atoms with Crippen LogP contribution in [0.3, 0.4) is 0 Å². The number of likely N-dealkylation sites (N-methyl/N-ethyl adjacent to an activating group) is 1. The Morgan fingerprint density at radius 1 is 1.16 bits per heavy atom. The molecule has 0 bridgehead atoms. The lowest BCUT2D eigenvalue weighted by atomic mass is 10.0. The number of pyridine rings is 1. The van der Waals surface area contributed by atoms with Gasteiger partial charge in [0.1, 0.15) is 0 Å². The van der Waals surface area contributed by atoms with Crippen LogP contribution in [-0.2, 0) is 12.8 Å². The first-order valence-electron chi connectivity index (χ1n) is 6.82. The van der Waals surface area contributed by atoms with Crippen molar-refractivity contribution in [2.24, 2.45) is 0 Å². The zero-order valence-corrected chi connectivity index (χ0v) is 13.0. The topological polar surface area (TPSA) is 24.9 Å². The number of hydrogen-bond donors (Lipinski definition) is 1. The first-order valence-corrected chi connectivity index (χ1v) is 7.64.